The maximum atomic E-state index is 13.7. The van der Waals surface area contributed by atoms with Gasteiger partial charge in [0.1, 0.15) is 22.8 Å². The number of likely N-dealkylation sites (N-methyl/N-ethyl adjacent to an activating group) is 1. The Morgan fingerprint density at radius 3 is 2.20 bits per heavy atom. The van der Waals surface area contributed by atoms with Gasteiger partial charge in [0.05, 0.1) is 40.7 Å². The van der Waals surface area contributed by atoms with Gasteiger partial charge in [-0.25, -0.2) is 0 Å². The van der Waals surface area contributed by atoms with Gasteiger partial charge in [0.25, 0.3) is 5.91 Å². The Balaban J connectivity index is 0.00000324. The van der Waals surface area contributed by atoms with Crippen molar-refractivity contribution in [1.29, 1.82) is 0 Å². The first kappa shape index (κ1) is 30.0. The number of primary amides is 1. The number of nitrogens with zero attached hydrogens (tertiary/aromatic N) is 1. The summed E-state index contributed by atoms with van der Waals surface area (Å²) in [6, 6.07) is 2.50. The molecule has 0 radical (unpaired) electrons. The number of ketones is 2. The molecular weight excluding hydrogens is 482 g/mol. The molecule has 1 saturated carbocycles. The minimum Gasteiger partial charge on any atom is -1.00 e. The fraction of sp³-hybridized carbons (Fsp3) is 0.409. The molecule has 6 atom stereocenters. The van der Waals surface area contributed by atoms with Crippen molar-refractivity contribution in [2.24, 2.45) is 17.6 Å². The molecule has 13 heteroatoms. The van der Waals surface area contributed by atoms with Gasteiger partial charge >= 0.3 is 59.1 Å². The number of phenols is 1. The van der Waals surface area contributed by atoms with Crippen LogP contribution in [0.3, 0.4) is 0 Å². The molecular formula is C22H26N2Na2O9. The van der Waals surface area contributed by atoms with Crippen molar-refractivity contribution < 1.29 is 107 Å². The summed E-state index contributed by atoms with van der Waals surface area (Å²) < 4.78 is 0. The average molecular weight is 508 g/mol. The third kappa shape index (κ3) is 3.76. The standard InChI is InChI=1S/C22H24N2O9.2Na.2H/c1-21(32)7-5-4-6-8(25)9(7)15(26)10-12(21)17(28)13-14(24(2)3)16(27)11(20(23)31)19(30)22(13,33)18(10)29;;;;/h4-6,12-14,17,25-26,28,30,32-33H,1-3H3,(H2,23,31);;;;/q;2*+1;2*-1/t12-,13-,14+,17+,21-,22+;;;;/m1..../s1. The molecule has 0 saturated heterocycles. The van der Waals surface area contributed by atoms with Crippen LogP contribution in [-0.4, -0.2) is 84.9 Å². The number of hydrogen-bond donors (Lipinski definition) is 7. The van der Waals surface area contributed by atoms with E-state index in [0.717, 1.165) is 0 Å². The van der Waals surface area contributed by atoms with Crippen LogP contribution in [0.2, 0.25) is 0 Å². The fourth-order valence-electron chi connectivity index (χ4n) is 5.60. The average Bonchev–Trinajstić information content (AvgIpc) is 2.70. The monoisotopic (exact) mass is 508 g/mol. The van der Waals surface area contributed by atoms with E-state index in [2.05, 4.69) is 0 Å². The molecule has 1 amide bonds. The zero-order valence-electron chi connectivity index (χ0n) is 22.0. The molecule has 0 aliphatic heterocycles. The smallest absolute Gasteiger partial charge is 1.00 e. The van der Waals surface area contributed by atoms with Gasteiger partial charge < -0.3 is 39.2 Å². The van der Waals surface area contributed by atoms with E-state index in [-0.39, 0.29) is 73.1 Å². The minimum absolute atomic E-state index is 0. The number of benzene rings is 1. The summed E-state index contributed by atoms with van der Waals surface area (Å²) in [4.78, 5) is 39.9. The predicted molar refractivity (Wildman–Crippen MR) is 114 cm³/mol. The quantitative estimate of drug-likeness (QED) is 0.149. The summed E-state index contributed by atoms with van der Waals surface area (Å²) in [5.41, 5.74) is -1.78. The Morgan fingerprint density at radius 1 is 1.11 bits per heavy atom. The molecule has 1 aromatic carbocycles. The first-order valence-electron chi connectivity index (χ1n) is 10.1. The molecule has 0 spiro atoms. The number of fused-ring (bicyclic) bond motifs is 3. The molecule has 3 aliphatic rings. The van der Waals surface area contributed by atoms with Crippen LogP contribution in [0.4, 0.5) is 0 Å². The first-order valence-corrected chi connectivity index (χ1v) is 10.1. The number of carbonyl (C=O) groups is 3. The Morgan fingerprint density at radius 2 is 1.69 bits per heavy atom. The predicted octanol–water partition coefficient (Wildman–Crippen LogP) is -7.17. The van der Waals surface area contributed by atoms with E-state index >= 15 is 0 Å². The van der Waals surface area contributed by atoms with Gasteiger partial charge in [-0.05, 0) is 32.6 Å². The summed E-state index contributed by atoms with van der Waals surface area (Å²) in [5.74, 6) is -9.67. The number of Topliss-reactive ketones (excluding diaryl/α,β-unsaturated/α-hetero) is 2. The largest absolute Gasteiger partial charge is 1.00 e. The zero-order chi connectivity index (χ0) is 24.8. The van der Waals surface area contributed by atoms with Crippen LogP contribution in [0.1, 0.15) is 20.9 Å². The number of aromatic hydroxyl groups is 1. The van der Waals surface area contributed by atoms with Crippen molar-refractivity contribution >= 4 is 23.2 Å². The van der Waals surface area contributed by atoms with E-state index in [4.69, 9.17) is 5.73 Å². The van der Waals surface area contributed by atoms with E-state index in [0.29, 0.717) is 0 Å². The van der Waals surface area contributed by atoms with Gasteiger partial charge in [-0.3, -0.25) is 19.3 Å². The second-order valence-corrected chi connectivity index (χ2v) is 9.06. The van der Waals surface area contributed by atoms with Crippen LogP contribution >= 0.6 is 0 Å². The number of aliphatic hydroxyl groups excluding tert-OH is 3. The molecule has 0 heterocycles. The van der Waals surface area contributed by atoms with Crippen LogP contribution < -0.4 is 64.8 Å². The molecule has 3 aliphatic carbocycles. The topological polar surface area (TPSA) is 202 Å². The second-order valence-electron chi connectivity index (χ2n) is 9.06. The zero-order valence-corrected chi connectivity index (χ0v) is 24.0. The van der Waals surface area contributed by atoms with Gasteiger partial charge in [-0.2, -0.15) is 0 Å². The van der Waals surface area contributed by atoms with Gasteiger partial charge in [-0.15, -0.1) is 0 Å². The number of hydrogen-bond acceptors (Lipinski definition) is 10. The molecule has 180 valence electrons. The molecule has 4 rings (SSSR count). The summed E-state index contributed by atoms with van der Waals surface area (Å²) in [6.45, 7) is 1.25. The van der Waals surface area contributed by atoms with Gasteiger partial charge in [0, 0.05) is 0 Å². The number of nitrogens with two attached hydrogens (primary N) is 1. The summed E-state index contributed by atoms with van der Waals surface area (Å²) in [6.07, 6.45) is -1.87. The van der Waals surface area contributed by atoms with E-state index in [1.165, 1.54) is 44.1 Å². The molecule has 1 aromatic rings. The van der Waals surface area contributed by atoms with E-state index in [1.54, 1.807) is 0 Å². The van der Waals surface area contributed by atoms with Crippen LogP contribution in [0.5, 0.6) is 5.75 Å². The van der Waals surface area contributed by atoms with Crippen molar-refractivity contribution in [3.05, 3.63) is 46.2 Å². The molecule has 35 heavy (non-hydrogen) atoms. The van der Waals surface area contributed by atoms with Crippen molar-refractivity contribution in [1.82, 2.24) is 4.90 Å². The van der Waals surface area contributed by atoms with Gasteiger partial charge in [0.2, 0.25) is 5.78 Å². The van der Waals surface area contributed by atoms with Crippen molar-refractivity contribution in [3.8, 4) is 5.75 Å². The Hall–Kier alpha value is -1.25. The molecule has 0 unspecified atom stereocenters. The Kier molecular flexibility index (Phi) is 8.19. The molecule has 1 fully saturated rings. The molecule has 0 bridgehead atoms. The minimum atomic E-state index is -3.02. The SMILES string of the molecule is CN(C)[C@@H]1C(=O)C(C(N)=O)=C(O)[C@@]2(O)C(=O)C3=C(O)c4c(O)cccc4[C@@](C)(O)[C@H]3[C@H](O)[C@@H]12.[H-].[H-].[Na+].[Na+]. The summed E-state index contributed by atoms with van der Waals surface area (Å²) in [5, 5.41) is 66.3. The summed E-state index contributed by atoms with van der Waals surface area (Å²) >= 11 is 0. The van der Waals surface area contributed by atoms with E-state index < -0.39 is 81.1 Å². The van der Waals surface area contributed by atoms with Crippen molar-refractivity contribution in [3.63, 3.8) is 0 Å². The van der Waals surface area contributed by atoms with Gasteiger partial charge in [0.15, 0.2) is 11.4 Å². The van der Waals surface area contributed by atoms with E-state index in [9.17, 15) is 45.0 Å². The molecule has 11 nitrogen and oxygen atoms in total. The number of aliphatic hydroxyl groups is 5. The third-order valence-electron chi connectivity index (χ3n) is 7.03. The maximum Gasteiger partial charge on any atom is 1.00 e. The van der Waals surface area contributed by atoms with Crippen LogP contribution in [-0.2, 0) is 20.0 Å². The Bertz CT molecular complexity index is 1200. The van der Waals surface area contributed by atoms with Crippen molar-refractivity contribution in [2.75, 3.05) is 14.1 Å². The van der Waals surface area contributed by atoms with E-state index in [1.807, 2.05) is 0 Å². The van der Waals surface area contributed by atoms with Crippen LogP contribution in [0, 0.1) is 11.8 Å². The fourth-order valence-corrected chi connectivity index (χ4v) is 5.60. The number of rotatable bonds is 2. The van der Waals surface area contributed by atoms with Crippen LogP contribution in [0.15, 0.2) is 35.1 Å². The van der Waals surface area contributed by atoms with Gasteiger partial charge in [-0.1, -0.05) is 12.1 Å². The number of phenolic OH excluding ortho intramolecular Hbond substituents is 1. The third-order valence-corrected chi connectivity index (χ3v) is 7.03. The first-order chi connectivity index (χ1) is 15.2. The number of amides is 1. The molecule has 0 aromatic heterocycles. The van der Waals surface area contributed by atoms with Crippen molar-refractivity contribution in [2.45, 2.75) is 30.3 Å². The Labute approximate surface area is 247 Å². The molecule has 8 N–H and O–H groups in total. The maximum absolute atomic E-state index is 13.7. The number of carbonyl (C=O) groups excluding carboxylic acids is 3. The normalized spacial score (nSPS) is 33.9. The second kappa shape index (κ2) is 9.56. The summed E-state index contributed by atoms with van der Waals surface area (Å²) in [7, 11) is 2.80. The van der Waals surface area contributed by atoms with Crippen LogP contribution in [0.25, 0.3) is 5.76 Å².